The molecule has 0 radical (unpaired) electrons. The Hall–Kier alpha value is -1.96. The minimum Gasteiger partial charge on any atom is -0.481 e. The maximum Gasteiger partial charge on any atom is 0.306 e. The van der Waals surface area contributed by atoms with Crippen molar-refractivity contribution in [2.45, 2.75) is 38.6 Å². The fourth-order valence-corrected chi connectivity index (χ4v) is 6.48. The van der Waals surface area contributed by atoms with Crippen molar-refractivity contribution in [2.24, 2.45) is 5.92 Å². The number of aliphatic carboxylic acids is 1. The zero-order valence-corrected chi connectivity index (χ0v) is 18.4. The highest BCUT2D eigenvalue weighted by Crippen LogP contribution is 2.40. The summed E-state index contributed by atoms with van der Waals surface area (Å²) in [4.78, 5) is 28.9. The summed E-state index contributed by atoms with van der Waals surface area (Å²) in [5.74, 6) is -1.27. The third-order valence-corrected chi connectivity index (χ3v) is 7.89. The standard InChI is InChI=1S/C22H21NO3S3/c1-13-5-2-3-8-17(13)18-10-9-16(28-18)12-19-20(24)23(22(27)29-19)15-7-4-6-14(11-15)21(25)26/h2-3,5,8-10,12,14-15H,4,6-7,11H2,1H3,(H,25,26). The second-order valence-corrected chi connectivity index (χ2v) is 10.2. The maximum atomic E-state index is 13.0. The van der Waals surface area contributed by atoms with Crippen LogP contribution in [0.25, 0.3) is 16.5 Å². The molecule has 2 heterocycles. The molecule has 1 N–H and O–H groups in total. The normalized spacial score (nSPS) is 23.8. The number of hydrogen-bond acceptors (Lipinski definition) is 5. The molecule has 7 heteroatoms. The predicted molar refractivity (Wildman–Crippen MR) is 123 cm³/mol. The Morgan fingerprint density at radius 2 is 2.03 bits per heavy atom. The minimum atomic E-state index is -0.780. The molecule has 4 rings (SSSR count). The van der Waals surface area contributed by atoms with E-state index in [2.05, 4.69) is 25.1 Å². The number of carbonyl (C=O) groups excluding carboxylic acids is 1. The van der Waals surface area contributed by atoms with Gasteiger partial charge < -0.3 is 5.11 Å². The summed E-state index contributed by atoms with van der Waals surface area (Å²) >= 11 is 8.44. The van der Waals surface area contributed by atoms with E-state index in [0.29, 0.717) is 22.1 Å². The number of carboxylic acid groups (broad SMARTS) is 1. The largest absolute Gasteiger partial charge is 0.481 e. The molecule has 1 aliphatic heterocycles. The lowest BCUT2D eigenvalue weighted by atomic mass is 9.85. The van der Waals surface area contributed by atoms with Gasteiger partial charge in [-0.25, -0.2) is 0 Å². The van der Waals surface area contributed by atoms with Gasteiger partial charge in [-0.15, -0.1) is 11.3 Å². The molecule has 0 bridgehead atoms. The van der Waals surface area contributed by atoms with Crippen molar-refractivity contribution >= 4 is 57.6 Å². The third-order valence-electron chi connectivity index (χ3n) is 5.50. The Morgan fingerprint density at radius 3 is 2.79 bits per heavy atom. The molecular formula is C22H21NO3S3. The Labute approximate surface area is 183 Å². The summed E-state index contributed by atoms with van der Waals surface area (Å²) in [6.45, 7) is 2.09. The predicted octanol–water partition coefficient (Wildman–Crippen LogP) is 5.57. The quantitative estimate of drug-likeness (QED) is 0.495. The highest BCUT2D eigenvalue weighted by Gasteiger charge is 2.40. The second kappa shape index (κ2) is 8.42. The molecule has 2 unspecified atom stereocenters. The summed E-state index contributed by atoms with van der Waals surface area (Å²) in [5, 5.41) is 9.34. The Bertz CT molecular complexity index is 1010. The maximum absolute atomic E-state index is 13.0. The zero-order chi connectivity index (χ0) is 20.5. The van der Waals surface area contributed by atoms with Gasteiger partial charge in [0.25, 0.3) is 5.91 Å². The lowest BCUT2D eigenvalue weighted by molar-refractivity contribution is -0.144. The number of rotatable bonds is 4. The van der Waals surface area contributed by atoms with Gasteiger partial charge in [0.05, 0.1) is 10.8 Å². The van der Waals surface area contributed by atoms with Gasteiger partial charge in [0, 0.05) is 15.8 Å². The third kappa shape index (κ3) is 4.17. The molecule has 150 valence electrons. The van der Waals surface area contributed by atoms with Crippen molar-refractivity contribution in [3.63, 3.8) is 0 Å². The number of nitrogens with zero attached hydrogens (tertiary/aromatic N) is 1. The molecule has 2 aromatic rings. The van der Waals surface area contributed by atoms with Gasteiger partial charge in [-0.3, -0.25) is 14.5 Å². The van der Waals surface area contributed by atoms with Gasteiger partial charge in [0.2, 0.25) is 0 Å². The number of thioether (sulfide) groups is 1. The smallest absolute Gasteiger partial charge is 0.306 e. The highest BCUT2D eigenvalue weighted by atomic mass is 32.2. The molecule has 1 aromatic carbocycles. The van der Waals surface area contributed by atoms with Crippen molar-refractivity contribution in [2.75, 3.05) is 0 Å². The summed E-state index contributed by atoms with van der Waals surface area (Å²) < 4.78 is 0.535. The van der Waals surface area contributed by atoms with Crippen LogP contribution >= 0.6 is 35.3 Å². The van der Waals surface area contributed by atoms with Gasteiger partial charge in [0.1, 0.15) is 4.32 Å². The van der Waals surface area contributed by atoms with Crippen LogP contribution in [0.15, 0.2) is 41.3 Å². The fourth-order valence-electron chi connectivity index (χ4n) is 3.97. The van der Waals surface area contributed by atoms with Crippen LogP contribution < -0.4 is 0 Å². The lowest BCUT2D eigenvalue weighted by Gasteiger charge is -2.32. The van der Waals surface area contributed by atoms with E-state index in [1.165, 1.54) is 27.8 Å². The zero-order valence-electron chi connectivity index (χ0n) is 16.0. The molecule has 1 amide bonds. The van der Waals surface area contributed by atoms with Crippen LogP contribution in [-0.4, -0.2) is 32.2 Å². The van der Waals surface area contributed by atoms with E-state index in [0.717, 1.165) is 17.7 Å². The van der Waals surface area contributed by atoms with Gasteiger partial charge in [-0.05, 0) is 55.5 Å². The van der Waals surface area contributed by atoms with E-state index in [-0.39, 0.29) is 11.9 Å². The number of thiophene rings is 1. The van der Waals surface area contributed by atoms with E-state index in [9.17, 15) is 14.7 Å². The van der Waals surface area contributed by atoms with Crippen LogP contribution in [-0.2, 0) is 9.59 Å². The van der Waals surface area contributed by atoms with Crippen LogP contribution in [0.2, 0.25) is 0 Å². The molecule has 2 atom stereocenters. The number of thiocarbonyl (C=S) groups is 1. The number of aryl methyl sites for hydroxylation is 1. The van der Waals surface area contributed by atoms with E-state index < -0.39 is 11.9 Å². The van der Waals surface area contributed by atoms with Crippen LogP contribution in [0.1, 0.15) is 36.1 Å². The summed E-state index contributed by atoms with van der Waals surface area (Å²) in [6, 6.07) is 12.2. The topological polar surface area (TPSA) is 57.6 Å². The number of carbonyl (C=O) groups is 2. The molecule has 1 aromatic heterocycles. The molecule has 1 aliphatic carbocycles. The first kappa shape index (κ1) is 20.3. The molecule has 1 saturated heterocycles. The van der Waals surface area contributed by atoms with Crippen LogP contribution in [0.4, 0.5) is 0 Å². The molecule has 29 heavy (non-hydrogen) atoms. The van der Waals surface area contributed by atoms with Crippen LogP contribution in [0.5, 0.6) is 0 Å². The van der Waals surface area contributed by atoms with E-state index in [1.54, 1.807) is 16.2 Å². The Balaban J connectivity index is 1.54. The summed E-state index contributed by atoms with van der Waals surface area (Å²) in [5.41, 5.74) is 2.42. The monoisotopic (exact) mass is 443 g/mol. The van der Waals surface area contributed by atoms with Gasteiger partial charge >= 0.3 is 5.97 Å². The van der Waals surface area contributed by atoms with E-state index in [1.807, 2.05) is 24.3 Å². The van der Waals surface area contributed by atoms with Crippen molar-refractivity contribution in [1.82, 2.24) is 4.90 Å². The average Bonchev–Trinajstić information content (AvgIpc) is 3.27. The highest BCUT2D eigenvalue weighted by molar-refractivity contribution is 8.26. The van der Waals surface area contributed by atoms with Gasteiger partial charge in [-0.1, -0.05) is 54.7 Å². The molecule has 0 spiro atoms. The van der Waals surface area contributed by atoms with Crippen LogP contribution in [0, 0.1) is 12.8 Å². The van der Waals surface area contributed by atoms with Crippen molar-refractivity contribution in [3.8, 4) is 10.4 Å². The van der Waals surface area contributed by atoms with Gasteiger partial charge in [0.15, 0.2) is 0 Å². The second-order valence-electron chi connectivity index (χ2n) is 7.42. The molecule has 2 fully saturated rings. The Morgan fingerprint density at radius 1 is 1.24 bits per heavy atom. The van der Waals surface area contributed by atoms with Crippen molar-refractivity contribution in [1.29, 1.82) is 0 Å². The molecule has 2 aliphatic rings. The molecule has 4 nitrogen and oxygen atoms in total. The number of benzene rings is 1. The fraction of sp³-hybridized carbons (Fsp3) is 0.318. The lowest BCUT2D eigenvalue weighted by Crippen LogP contribution is -2.42. The van der Waals surface area contributed by atoms with Gasteiger partial charge in [-0.2, -0.15) is 0 Å². The minimum absolute atomic E-state index is 0.0955. The van der Waals surface area contributed by atoms with Crippen molar-refractivity contribution < 1.29 is 14.7 Å². The van der Waals surface area contributed by atoms with Crippen molar-refractivity contribution in [3.05, 3.63) is 51.7 Å². The first-order chi connectivity index (χ1) is 13.9. The number of hydrogen-bond donors (Lipinski definition) is 1. The Kier molecular flexibility index (Phi) is 5.90. The number of amides is 1. The SMILES string of the molecule is Cc1ccccc1-c1ccc(C=C2SC(=S)N(C3CCCC(C(=O)O)C3)C2=O)s1. The first-order valence-electron chi connectivity index (χ1n) is 9.59. The summed E-state index contributed by atoms with van der Waals surface area (Å²) in [7, 11) is 0. The van der Waals surface area contributed by atoms with Crippen LogP contribution in [0.3, 0.4) is 0 Å². The van der Waals surface area contributed by atoms with E-state index in [4.69, 9.17) is 12.2 Å². The average molecular weight is 444 g/mol. The number of carboxylic acids is 1. The molecule has 1 saturated carbocycles. The first-order valence-corrected chi connectivity index (χ1v) is 11.6. The summed E-state index contributed by atoms with van der Waals surface area (Å²) in [6.07, 6.45) is 4.67. The molecular weight excluding hydrogens is 422 g/mol. The van der Waals surface area contributed by atoms with E-state index >= 15 is 0 Å².